The molecule has 1 heterocycles. The van der Waals surface area contributed by atoms with E-state index in [0.29, 0.717) is 11.0 Å². The summed E-state index contributed by atoms with van der Waals surface area (Å²) in [6.07, 6.45) is 0. The van der Waals surface area contributed by atoms with Crippen molar-refractivity contribution in [1.82, 2.24) is 0 Å². The predicted molar refractivity (Wildman–Crippen MR) is 61.5 cm³/mol. The van der Waals surface area contributed by atoms with Crippen LogP contribution in [0.4, 0.5) is 0 Å². The van der Waals surface area contributed by atoms with Gasteiger partial charge in [0.2, 0.25) is 0 Å². The van der Waals surface area contributed by atoms with Gasteiger partial charge in [0.25, 0.3) is 0 Å². The van der Waals surface area contributed by atoms with Crippen LogP contribution in [0, 0.1) is 0 Å². The molecule has 0 aliphatic carbocycles. The van der Waals surface area contributed by atoms with Gasteiger partial charge in [-0.25, -0.2) is 4.42 Å². The topological polar surface area (TPSA) is 51.8 Å². The van der Waals surface area contributed by atoms with Gasteiger partial charge in [0.1, 0.15) is 5.39 Å². The number of phenols is 2. The fraction of sp³-hybridized carbons (Fsp3) is 0. The maximum Gasteiger partial charge on any atom is 0.364 e. The Labute approximate surface area is 108 Å². The normalized spacial score (nSPS) is 10.4. The summed E-state index contributed by atoms with van der Waals surface area (Å²) in [7, 11) is 0. The van der Waals surface area contributed by atoms with E-state index in [1.54, 1.807) is 12.1 Å². The molecule has 0 aliphatic heterocycles. The highest BCUT2D eigenvalue weighted by atomic mass is 79.9. The Hall–Kier alpha value is -1.81. The van der Waals surface area contributed by atoms with Gasteiger partial charge in [-0.1, -0.05) is 12.1 Å². The molecule has 0 bridgehead atoms. The molecule has 0 fully saturated rings. The van der Waals surface area contributed by atoms with Gasteiger partial charge in [0, 0.05) is 12.1 Å². The fourth-order valence-corrected chi connectivity index (χ4v) is 1.77. The molecule has 2 aromatic carbocycles. The summed E-state index contributed by atoms with van der Waals surface area (Å²) in [5, 5.41) is 20.5. The molecular formula is C13H9BrO3. The number of phenolic OH excluding ortho intramolecular Hbond substituents is 2. The van der Waals surface area contributed by atoms with Crippen molar-refractivity contribution in [1.29, 1.82) is 0 Å². The van der Waals surface area contributed by atoms with Crippen LogP contribution < -0.4 is 17.0 Å². The van der Waals surface area contributed by atoms with Crippen LogP contribution in [0.15, 0.2) is 46.9 Å². The molecule has 0 spiro atoms. The van der Waals surface area contributed by atoms with Gasteiger partial charge >= 0.3 is 11.2 Å². The summed E-state index contributed by atoms with van der Waals surface area (Å²) in [4.78, 5) is 0. The second-order valence-corrected chi connectivity index (χ2v) is 3.63. The Kier molecular flexibility index (Phi) is 2.90. The first-order valence-corrected chi connectivity index (χ1v) is 4.92. The van der Waals surface area contributed by atoms with Crippen LogP contribution >= 0.6 is 0 Å². The number of rotatable bonds is 0. The molecule has 0 saturated carbocycles. The third-order valence-electron chi connectivity index (χ3n) is 2.59. The number of aromatic hydroxyl groups is 2. The second-order valence-electron chi connectivity index (χ2n) is 3.63. The molecule has 4 heteroatoms. The third-order valence-corrected chi connectivity index (χ3v) is 2.59. The molecule has 0 radical (unpaired) electrons. The lowest BCUT2D eigenvalue weighted by atomic mass is 10.1. The zero-order valence-corrected chi connectivity index (χ0v) is 10.3. The van der Waals surface area contributed by atoms with Crippen LogP contribution in [0.3, 0.4) is 0 Å². The molecule has 0 atom stereocenters. The number of halogens is 1. The molecule has 0 aliphatic rings. The van der Waals surface area contributed by atoms with Crippen molar-refractivity contribution in [3.05, 3.63) is 42.5 Å². The summed E-state index contributed by atoms with van der Waals surface area (Å²) in [6, 6.07) is 12.4. The Balaban J connectivity index is 0.00000108. The average Bonchev–Trinajstić information content (AvgIpc) is 2.32. The molecule has 17 heavy (non-hydrogen) atoms. The molecule has 1 aromatic heterocycles. The Morgan fingerprint density at radius 2 is 1.65 bits per heavy atom. The molecule has 2 N–H and O–H groups in total. The van der Waals surface area contributed by atoms with E-state index in [9.17, 15) is 10.2 Å². The molecule has 0 amide bonds. The van der Waals surface area contributed by atoms with Gasteiger partial charge in [-0.05, 0) is 18.2 Å². The summed E-state index contributed by atoms with van der Waals surface area (Å²) in [5.41, 5.74) is 1.30. The molecule has 3 aromatic rings. The Morgan fingerprint density at radius 3 is 2.47 bits per heavy atom. The highest BCUT2D eigenvalue weighted by Crippen LogP contribution is 2.35. The highest BCUT2D eigenvalue weighted by molar-refractivity contribution is 5.94. The molecule has 3 nitrogen and oxygen atoms in total. The summed E-state index contributed by atoms with van der Waals surface area (Å²) >= 11 is 0. The minimum absolute atomic E-state index is 0. The lowest BCUT2D eigenvalue weighted by Crippen LogP contribution is -3.00. The largest absolute Gasteiger partial charge is 1.00 e. The van der Waals surface area contributed by atoms with Gasteiger partial charge in [0.15, 0.2) is 11.5 Å². The van der Waals surface area contributed by atoms with Crippen LogP contribution in [0.1, 0.15) is 0 Å². The number of fused-ring (bicyclic) bond motifs is 2. The van der Waals surface area contributed by atoms with Crippen LogP contribution in [-0.4, -0.2) is 10.2 Å². The monoisotopic (exact) mass is 292 g/mol. The van der Waals surface area contributed by atoms with Crippen molar-refractivity contribution in [2.24, 2.45) is 0 Å². The van der Waals surface area contributed by atoms with Crippen LogP contribution in [0.25, 0.3) is 21.9 Å². The molecule has 0 saturated heterocycles. The van der Waals surface area contributed by atoms with Crippen LogP contribution in [0.5, 0.6) is 11.5 Å². The van der Waals surface area contributed by atoms with Crippen molar-refractivity contribution >= 4 is 21.9 Å². The standard InChI is InChI=1S/C13H8O3.BrH/c14-10-5-6-12-9(13(10)15)7-8-3-1-2-4-11(8)16-12;/h1-7H,(H-,14,15);1H. The number of hydrogen-bond donors (Lipinski definition) is 2. The Morgan fingerprint density at radius 1 is 0.882 bits per heavy atom. The summed E-state index contributed by atoms with van der Waals surface area (Å²) in [5.74, 6) is -0.287. The number of benzene rings is 2. The molecule has 3 rings (SSSR count). The number of para-hydroxylation sites is 1. The van der Waals surface area contributed by atoms with E-state index in [2.05, 4.69) is 0 Å². The average molecular weight is 293 g/mol. The van der Waals surface area contributed by atoms with Crippen LogP contribution in [0.2, 0.25) is 0 Å². The summed E-state index contributed by atoms with van der Waals surface area (Å²) < 4.78 is 5.61. The van der Waals surface area contributed by atoms with Crippen LogP contribution in [-0.2, 0) is 0 Å². The highest BCUT2D eigenvalue weighted by Gasteiger charge is 2.16. The van der Waals surface area contributed by atoms with E-state index < -0.39 is 0 Å². The van der Waals surface area contributed by atoms with E-state index in [1.807, 2.05) is 24.3 Å². The first-order valence-electron chi connectivity index (χ1n) is 4.92. The fourth-order valence-electron chi connectivity index (χ4n) is 1.77. The van der Waals surface area contributed by atoms with Crippen molar-refractivity contribution in [3.8, 4) is 11.5 Å². The molecule has 0 unspecified atom stereocenters. The minimum atomic E-state index is -0.146. The summed E-state index contributed by atoms with van der Waals surface area (Å²) in [6.45, 7) is 0. The predicted octanol–water partition coefficient (Wildman–Crippen LogP) is 0.282. The van der Waals surface area contributed by atoms with Gasteiger partial charge in [-0.3, -0.25) is 0 Å². The van der Waals surface area contributed by atoms with Crippen molar-refractivity contribution in [2.75, 3.05) is 0 Å². The van der Waals surface area contributed by atoms with Crippen molar-refractivity contribution in [3.63, 3.8) is 0 Å². The zero-order valence-electron chi connectivity index (χ0n) is 8.72. The third kappa shape index (κ3) is 1.80. The van der Waals surface area contributed by atoms with E-state index in [-0.39, 0.29) is 28.5 Å². The van der Waals surface area contributed by atoms with Crippen molar-refractivity contribution in [2.45, 2.75) is 0 Å². The van der Waals surface area contributed by atoms with Gasteiger partial charge in [-0.2, -0.15) is 0 Å². The first-order chi connectivity index (χ1) is 7.75. The smallest absolute Gasteiger partial charge is 0.364 e. The first kappa shape index (κ1) is 11.7. The SMILES string of the molecule is Oc1ccc2[o+]c3ccccc3cc2c1O.[Br-]. The number of hydrogen-bond acceptors (Lipinski definition) is 2. The Bertz CT molecular complexity index is 695. The van der Waals surface area contributed by atoms with Gasteiger partial charge < -0.3 is 27.2 Å². The lowest BCUT2D eigenvalue weighted by molar-refractivity contribution is -0.00000532. The van der Waals surface area contributed by atoms with Crippen molar-refractivity contribution < 1.29 is 31.6 Å². The lowest BCUT2D eigenvalue weighted by Gasteiger charge is -1.97. The second kappa shape index (κ2) is 4.22. The van der Waals surface area contributed by atoms with E-state index in [0.717, 1.165) is 11.0 Å². The maximum absolute atomic E-state index is 9.71. The van der Waals surface area contributed by atoms with E-state index in [4.69, 9.17) is 4.42 Å². The van der Waals surface area contributed by atoms with E-state index >= 15 is 0 Å². The maximum atomic E-state index is 9.71. The molecular weight excluding hydrogens is 284 g/mol. The zero-order chi connectivity index (χ0) is 11.1. The molecule has 86 valence electrons. The van der Waals surface area contributed by atoms with Gasteiger partial charge in [-0.15, -0.1) is 0 Å². The van der Waals surface area contributed by atoms with Gasteiger partial charge in [0.05, 0.1) is 5.39 Å². The quantitative estimate of drug-likeness (QED) is 0.356. The van der Waals surface area contributed by atoms with E-state index in [1.165, 1.54) is 6.07 Å². The minimum Gasteiger partial charge on any atom is -1.00 e.